The summed E-state index contributed by atoms with van der Waals surface area (Å²) in [5, 5.41) is 3.76. The van der Waals surface area contributed by atoms with Crippen molar-refractivity contribution in [3.8, 4) is 0 Å². The molecule has 0 radical (unpaired) electrons. The Bertz CT molecular complexity index is 586. The molecule has 0 saturated heterocycles. The molecule has 1 aromatic carbocycles. The molecule has 106 valence electrons. The summed E-state index contributed by atoms with van der Waals surface area (Å²) < 4.78 is 1.25. The largest absolute Gasteiger partial charge is 0.307 e. The third-order valence-electron chi connectivity index (χ3n) is 4.16. The van der Waals surface area contributed by atoms with E-state index in [-0.39, 0.29) is 0 Å². The molecule has 1 aliphatic carbocycles. The summed E-state index contributed by atoms with van der Waals surface area (Å²) in [6.45, 7) is 4.45. The first-order chi connectivity index (χ1) is 9.63. The van der Waals surface area contributed by atoms with Gasteiger partial charge in [-0.15, -0.1) is 11.3 Å². The lowest BCUT2D eigenvalue weighted by Crippen LogP contribution is -2.41. The lowest BCUT2D eigenvalue weighted by atomic mass is 9.75. The average Bonchev–Trinajstić information content (AvgIpc) is 2.81. The van der Waals surface area contributed by atoms with Crippen LogP contribution in [0.5, 0.6) is 0 Å². The summed E-state index contributed by atoms with van der Waals surface area (Å²) in [6.07, 6.45) is 2.49. The van der Waals surface area contributed by atoms with Gasteiger partial charge < -0.3 is 5.32 Å². The van der Waals surface area contributed by atoms with Crippen molar-refractivity contribution >= 4 is 27.3 Å². The molecule has 1 saturated carbocycles. The van der Waals surface area contributed by atoms with Crippen molar-refractivity contribution in [1.82, 2.24) is 5.32 Å². The predicted molar refractivity (Wildman–Crippen MR) is 90.5 cm³/mol. The van der Waals surface area contributed by atoms with Crippen LogP contribution < -0.4 is 5.32 Å². The highest BCUT2D eigenvalue weighted by Gasteiger charge is 2.32. The standard InChI is InChI=1S/C17H20BrNS/c1-11-7-8-17(20-11)12(2)19-14-9-13(10-14)15-5-3-4-6-16(15)18/h3-8,12-14,19H,9-10H2,1-2H3. The van der Waals surface area contributed by atoms with E-state index in [0.29, 0.717) is 18.0 Å². The molecular formula is C17H20BrNS. The number of nitrogens with one attached hydrogen (secondary N) is 1. The summed E-state index contributed by atoms with van der Waals surface area (Å²) >= 11 is 5.57. The van der Waals surface area contributed by atoms with E-state index in [0.717, 1.165) is 0 Å². The van der Waals surface area contributed by atoms with Crippen molar-refractivity contribution in [3.63, 3.8) is 0 Å². The van der Waals surface area contributed by atoms with E-state index in [4.69, 9.17) is 0 Å². The highest BCUT2D eigenvalue weighted by Crippen LogP contribution is 2.41. The normalized spacial score (nSPS) is 23.4. The molecule has 1 heterocycles. The van der Waals surface area contributed by atoms with E-state index in [1.165, 1.54) is 32.6 Å². The second-order valence-corrected chi connectivity index (χ2v) is 7.90. The van der Waals surface area contributed by atoms with Crippen LogP contribution in [0.4, 0.5) is 0 Å². The Balaban J connectivity index is 1.55. The molecule has 3 heteroatoms. The first-order valence-electron chi connectivity index (χ1n) is 7.20. The molecule has 0 spiro atoms. The number of halogens is 1. The molecule has 3 rings (SSSR count). The fraction of sp³-hybridized carbons (Fsp3) is 0.412. The summed E-state index contributed by atoms with van der Waals surface area (Å²) in [5.41, 5.74) is 1.46. The number of aryl methyl sites for hydroxylation is 1. The van der Waals surface area contributed by atoms with Crippen LogP contribution in [0.25, 0.3) is 0 Å². The lowest BCUT2D eigenvalue weighted by molar-refractivity contribution is 0.271. The second-order valence-electron chi connectivity index (χ2n) is 5.72. The van der Waals surface area contributed by atoms with Crippen LogP contribution >= 0.6 is 27.3 Å². The SMILES string of the molecule is Cc1ccc(C(C)NC2CC(c3ccccc3Br)C2)s1. The predicted octanol–water partition coefficient (Wildman–Crippen LogP) is 5.42. The minimum atomic E-state index is 0.471. The smallest absolute Gasteiger partial charge is 0.0388 e. The number of benzene rings is 1. The highest BCUT2D eigenvalue weighted by atomic mass is 79.9. The van der Waals surface area contributed by atoms with Crippen molar-refractivity contribution < 1.29 is 0 Å². The van der Waals surface area contributed by atoms with Crippen LogP contribution in [0.15, 0.2) is 40.9 Å². The third-order valence-corrected chi connectivity index (χ3v) is 6.06. The Morgan fingerprint density at radius 2 is 1.95 bits per heavy atom. The highest BCUT2D eigenvalue weighted by molar-refractivity contribution is 9.10. The molecule has 2 aromatic rings. The van der Waals surface area contributed by atoms with Crippen LogP contribution in [0.1, 0.15) is 47.0 Å². The lowest BCUT2D eigenvalue weighted by Gasteiger charge is -2.38. The summed E-state index contributed by atoms with van der Waals surface area (Å²) in [4.78, 5) is 2.85. The van der Waals surface area contributed by atoms with Crippen molar-refractivity contribution in [2.75, 3.05) is 0 Å². The van der Waals surface area contributed by atoms with E-state index < -0.39 is 0 Å². The van der Waals surface area contributed by atoms with Crippen molar-refractivity contribution in [1.29, 1.82) is 0 Å². The molecule has 1 N–H and O–H groups in total. The van der Waals surface area contributed by atoms with E-state index in [9.17, 15) is 0 Å². The average molecular weight is 350 g/mol. The Kier molecular flexibility index (Phi) is 4.29. The minimum absolute atomic E-state index is 0.471. The third kappa shape index (κ3) is 3.00. The van der Waals surface area contributed by atoms with Gasteiger partial charge >= 0.3 is 0 Å². The van der Waals surface area contributed by atoms with E-state index >= 15 is 0 Å². The van der Waals surface area contributed by atoms with Gasteiger partial charge in [-0.05, 0) is 56.4 Å². The zero-order valence-corrected chi connectivity index (χ0v) is 14.3. The maximum atomic E-state index is 3.76. The zero-order chi connectivity index (χ0) is 14.1. The zero-order valence-electron chi connectivity index (χ0n) is 11.9. The molecule has 0 bridgehead atoms. The monoisotopic (exact) mass is 349 g/mol. The molecule has 0 aliphatic heterocycles. The van der Waals surface area contributed by atoms with Crippen molar-refractivity contribution in [2.24, 2.45) is 0 Å². The Morgan fingerprint density at radius 1 is 1.20 bits per heavy atom. The minimum Gasteiger partial charge on any atom is -0.307 e. The topological polar surface area (TPSA) is 12.0 Å². The fourth-order valence-electron chi connectivity index (χ4n) is 2.94. The first kappa shape index (κ1) is 14.3. The van der Waals surface area contributed by atoms with Gasteiger partial charge in [0.1, 0.15) is 0 Å². The Labute approximate surface area is 133 Å². The summed E-state index contributed by atoms with van der Waals surface area (Å²) in [7, 11) is 0. The van der Waals surface area contributed by atoms with Gasteiger partial charge in [0.15, 0.2) is 0 Å². The van der Waals surface area contributed by atoms with Gasteiger partial charge in [0.2, 0.25) is 0 Å². The van der Waals surface area contributed by atoms with Crippen LogP contribution in [0.2, 0.25) is 0 Å². The maximum Gasteiger partial charge on any atom is 0.0388 e. The molecular weight excluding hydrogens is 330 g/mol. The van der Waals surface area contributed by atoms with Gasteiger partial charge in [-0.25, -0.2) is 0 Å². The van der Waals surface area contributed by atoms with E-state index in [2.05, 4.69) is 71.5 Å². The van der Waals surface area contributed by atoms with Crippen LogP contribution in [-0.2, 0) is 0 Å². The quantitative estimate of drug-likeness (QED) is 0.777. The van der Waals surface area contributed by atoms with Crippen LogP contribution in [0, 0.1) is 6.92 Å². The molecule has 20 heavy (non-hydrogen) atoms. The molecule has 1 nitrogen and oxygen atoms in total. The van der Waals surface area contributed by atoms with Gasteiger partial charge in [0.25, 0.3) is 0 Å². The molecule has 0 amide bonds. The van der Waals surface area contributed by atoms with Gasteiger partial charge in [0.05, 0.1) is 0 Å². The van der Waals surface area contributed by atoms with Crippen molar-refractivity contribution in [2.45, 2.75) is 44.7 Å². The number of hydrogen-bond acceptors (Lipinski definition) is 2. The second kappa shape index (κ2) is 6.00. The maximum absolute atomic E-state index is 3.76. The van der Waals surface area contributed by atoms with Gasteiger partial charge in [-0.1, -0.05) is 34.1 Å². The molecule has 1 unspecified atom stereocenters. The number of hydrogen-bond donors (Lipinski definition) is 1. The van der Waals surface area contributed by atoms with Crippen LogP contribution in [-0.4, -0.2) is 6.04 Å². The number of thiophene rings is 1. The van der Waals surface area contributed by atoms with E-state index in [1.54, 1.807) is 0 Å². The molecule has 1 atom stereocenters. The van der Waals surface area contributed by atoms with E-state index in [1.807, 2.05) is 11.3 Å². The van der Waals surface area contributed by atoms with Gasteiger partial charge in [-0.2, -0.15) is 0 Å². The summed E-state index contributed by atoms with van der Waals surface area (Å²) in [6, 6.07) is 14.2. The Morgan fingerprint density at radius 3 is 2.60 bits per heavy atom. The Hall–Kier alpha value is -0.640. The molecule has 1 aliphatic rings. The van der Waals surface area contributed by atoms with Crippen molar-refractivity contribution in [3.05, 3.63) is 56.2 Å². The number of rotatable bonds is 4. The molecule has 1 fully saturated rings. The molecule has 1 aromatic heterocycles. The van der Waals surface area contributed by atoms with Gasteiger partial charge in [0, 0.05) is 26.3 Å². The van der Waals surface area contributed by atoms with Gasteiger partial charge in [-0.3, -0.25) is 0 Å². The van der Waals surface area contributed by atoms with Crippen LogP contribution in [0.3, 0.4) is 0 Å². The summed E-state index contributed by atoms with van der Waals surface area (Å²) in [5.74, 6) is 0.709. The first-order valence-corrected chi connectivity index (χ1v) is 8.81. The fourth-order valence-corrected chi connectivity index (χ4v) is 4.43.